The van der Waals surface area contributed by atoms with E-state index in [0.29, 0.717) is 37.1 Å². The number of unbranched alkanes of at least 4 members (excludes halogenated alkanes) is 2. The lowest BCUT2D eigenvalue weighted by atomic mass is 9.54. The first-order valence-corrected chi connectivity index (χ1v) is 16.5. The summed E-state index contributed by atoms with van der Waals surface area (Å²) in [5.74, 6) is -0.840. The van der Waals surface area contributed by atoms with E-state index >= 15 is 0 Å². The van der Waals surface area contributed by atoms with Crippen molar-refractivity contribution >= 4 is 62.5 Å². The van der Waals surface area contributed by atoms with Gasteiger partial charge in [-0.05, 0) is 83.6 Å². The molecule has 228 valence electrons. The van der Waals surface area contributed by atoms with Crippen LogP contribution in [0.4, 0.5) is 5.69 Å². The van der Waals surface area contributed by atoms with Crippen LogP contribution in [-0.4, -0.2) is 29.2 Å². The summed E-state index contributed by atoms with van der Waals surface area (Å²) < 4.78 is 6.81. The molecule has 1 saturated heterocycles. The predicted octanol–water partition coefficient (Wildman–Crippen LogP) is 8.33. The van der Waals surface area contributed by atoms with E-state index in [1.54, 1.807) is 24.3 Å². The molecule has 4 aliphatic rings. The number of anilines is 1. The monoisotopic (exact) mass is 702 g/mol. The number of hydrogen-bond acceptors (Lipinski definition) is 4. The number of benzene rings is 4. The zero-order valence-corrected chi connectivity index (χ0v) is 27.2. The maximum absolute atomic E-state index is 13.9. The topological polar surface area (TPSA) is 75.7 Å². The molecule has 6 nitrogen and oxygen atoms in total. The van der Waals surface area contributed by atoms with Gasteiger partial charge < -0.3 is 10.1 Å². The number of carbonyl (C=O) groups is 3. The summed E-state index contributed by atoms with van der Waals surface area (Å²) in [5.41, 5.74) is 3.86. The smallest absolute Gasteiger partial charge is 0.235 e. The fraction of sp³-hybridized carbons (Fsp3) is 0.250. The van der Waals surface area contributed by atoms with Crippen molar-refractivity contribution in [3.8, 4) is 11.5 Å². The summed E-state index contributed by atoms with van der Waals surface area (Å²) >= 11 is 18.3. The first-order chi connectivity index (χ1) is 21.7. The third-order valence-electron chi connectivity index (χ3n) is 9.15. The highest BCUT2D eigenvalue weighted by atomic mass is 79.9. The van der Waals surface area contributed by atoms with Gasteiger partial charge in [-0.25, -0.2) is 0 Å². The minimum atomic E-state index is -1.17. The summed E-state index contributed by atoms with van der Waals surface area (Å²) in [7, 11) is 0. The van der Waals surface area contributed by atoms with Crippen LogP contribution in [0.2, 0.25) is 0 Å². The number of nitrogens with one attached hydrogen (secondary N) is 1. The maximum atomic E-state index is 13.9. The SMILES string of the molecule is O=C(CCCCCN1C(=O)[C@@H]2[C@H](C1=O)C1(Cl)c3ccccc3C2(Cl)c2ccccc21)Nc1ccc(Oc2ccc(Br)cc2)cc1. The first-order valence-electron chi connectivity index (χ1n) is 15.0. The minimum absolute atomic E-state index is 0.101. The van der Waals surface area contributed by atoms with E-state index in [1.807, 2.05) is 72.8 Å². The molecule has 0 unspecified atom stereocenters. The quantitative estimate of drug-likeness (QED) is 0.108. The van der Waals surface area contributed by atoms with Crippen LogP contribution < -0.4 is 10.1 Å². The second kappa shape index (κ2) is 11.6. The van der Waals surface area contributed by atoms with Crippen LogP contribution in [-0.2, 0) is 24.1 Å². The van der Waals surface area contributed by atoms with E-state index in [0.717, 1.165) is 32.5 Å². The standard InChI is InChI=1S/C36H29BrCl2N2O4/c37-22-13-17-24(18-14-22)45-25-19-15-23(16-20-25)40-30(42)12-2-1-7-21-41-33(43)31-32(34(41)44)36(39)27-9-4-3-8-26(27)35(31,38)28-10-5-6-11-29(28)36/h3-6,8-11,13-20,31-32H,1-2,7,12,21H2,(H,40,42)/t31-,32+,35?,36?. The molecule has 0 radical (unpaired) electrons. The van der Waals surface area contributed by atoms with Crippen LogP contribution in [0, 0.1) is 11.8 Å². The van der Waals surface area contributed by atoms with Crippen molar-refractivity contribution in [1.82, 2.24) is 4.90 Å². The average molecular weight is 704 g/mol. The van der Waals surface area contributed by atoms with Gasteiger partial charge in [0.2, 0.25) is 17.7 Å². The normalized spacial score (nSPS) is 24.2. The average Bonchev–Trinajstić information content (AvgIpc) is 3.31. The Morgan fingerprint density at radius 1 is 0.711 bits per heavy atom. The molecular weight excluding hydrogens is 675 g/mol. The molecule has 3 aliphatic carbocycles. The summed E-state index contributed by atoms with van der Waals surface area (Å²) in [6.45, 7) is 0.263. The number of amides is 3. The van der Waals surface area contributed by atoms with E-state index < -0.39 is 21.6 Å². The van der Waals surface area contributed by atoms with Crippen molar-refractivity contribution in [2.45, 2.75) is 35.4 Å². The number of imide groups is 1. The van der Waals surface area contributed by atoms with E-state index in [2.05, 4.69) is 21.2 Å². The lowest BCUT2D eigenvalue weighted by molar-refractivity contribution is -0.140. The van der Waals surface area contributed by atoms with Crippen LogP contribution in [0.15, 0.2) is 102 Å². The van der Waals surface area contributed by atoms with Crippen molar-refractivity contribution in [1.29, 1.82) is 0 Å². The third-order valence-corrected chi connectivity index (χ3v) is 11.0. The molecule has 0 spiro atoms. The van der Waals surface area contributed by atoms with Crippen molar-refractivity contribution < 1.29 is 19.1 Å². The Labute approximate surface area is 279 Å². The van der Waals surface area contributed by atoms with Gasteiger partial charge in [-0.1, -0.05) is 70.9 Å². The molecule has 8 rings (SSSR count). The van der Waals surface area contributed by atoms with Gasteiger partial charge in [0.15, 0.2) is 0 Å². The largest absolute Gasteiger partial charge is 0.457 e. The van der Waals surface area contributed by atoms with Crippen LogP contribution in [0.1, 0.15) is 47.9 Å². The lowest BCUT2D eigenvalue weighted by Crippen LogP contribution is -2.57. The molecule has 4 aromatic rings. The van der Waals surface area contributed by atoms with Gasteiger partial charge in [-0.15, -0.1) is 23.2 Å². The molecule has 45 heavy (non-hydrogen) atoms. The number of halogens is 3. The van der Waals surface area contributed by atoms with E-state index in [-0.39, 0.29) is 24.3 Å². The number of hydrogen-bond donors (Lipinski definition) is 1. The van der Waals surface area contributed by atoms with Gasteiger partial charge >= 0.3 is 0 Å². The second-order valence-electron chi connectivity index (χ2n) is 11.7. The lowest BCUT2D eigenvalue weighted by Gasteiger charge is -2.54. The van der Waals surface area contributed by atoms with Gasteiger partial charge in [-0.2, -0.15) is 0 Å². The van der Waals surface area contributed by atoms with Crippen LogP contribution in [0.5, 0.6) is 11.5 Å². The van der Waals surface area contributed by atoms with Crippen LogP contribution in [0.3, 0.4) is 0 Å². The van der Waals surface area contributed by atoms with Crippen molar-refractivity contribution in [2.24, 2.45) is 11.8 Å². The molecule has 2 bridgehead atoms. The molecule has 0 aromatic heterocycles. The Kier molecular flexibility index (Phi) is 7.75. The Balaban J connectivity index is 0.952. The van der Waals surface area contributed by atoms with E-state index in [9.17, 15) is 14.4 Å². The highest BCUT2D eigenvalue weighted by Gasteiger charge is 2.72. The van der Waals surface area contributed by atoms with Crippen molar-refractivity contribution in [3.63, 3.8) is 0 Å². The number of carbonyl (C=O) groups excluding carboxylic acids is 3. The van der Waals surface area contributed by atoms with Gasteiger partial charge in [0.1, 0.15) is 21.2 Å². The van der Waals surface area contributed by atoms with Gasteiger partial charge in [0, 0.05) is 23.1 Å². The molecule has 0 saturated carbocycles. The fourth-order valence-electron chi connectivity index (χ4n) is 7.15. The Hall–Kier alpha value is -3.65. The Bertz CT molecular complexity index is 1690. The molecule has 1 fully saturated rings. The molecule has 1 heterocycles. The molecule has 3 amide bonds. The Morgan fingerprint density at radius 3 is 1.67 bits per heavy atom. The summed E-state index contributed by atoms with van der Waals surface area (Å²) in [6.07, 6.45) is 2.20. The predicted molar refractivity (Wildman–Crippen MR) is 178 cm³/mol. The third kappa shape index (κ3) is 4.87. The van der Waals surface area contributed by atoms with Gasteiger partial charge in [0.25, 0.3) is 0 Å². The molecular formula is C36H29BrCl2N2O4. The van der Waals surface area contributed by atoms with Gasteiger partial charge in [0.05, 0.1) is 11.8 Å². The highest BCUT2D eigenvalue weighted by molar-refractivity contribution is 9.10. The number of likely N-dealkylation sites (tertiary alicyclic amines) is 1. The number of rotatable bonds is 9. The van der Waals surface area contributed by atoms with E-state index in [4.69, 9.17) is 27.9 Å². The van der Waals surface area contributed by atoms with E-state index in [1.165, 1.54) is 4.90 Å². The van der Waals surface area contributed by atoms with Crippen LogP contribution in [0.25, 0.3) is 0 Å². The maximum Gasteiger partial charge on any atom is 0.235 e. The summed E-state index contributed by atoms with van der Waals surface area (Å²) in [4.78, 5) is 39.4. The zero-order chi connectivity index (χ0) is 31.3. The number of nitrogens with zero attached hydrogens (tertiary/aromatic N) is 1. The Morgan fingerprint density at radius 2 is 1.18 bits per heavy atom. The summed E-state index contributed by atoms with van der Waals surface area (Å²) in [5, 5.41) is 2.91. The van der Waals surface area contributed by atoms with Crippen molar-refractivity contribution in [3.05, 3.63) is 124 Å². The molecule has 1 aliphatic heterocycles. The molecule has 9 heteroatoms. The number of alkyl halides is 2. The molecule has 2 atom stereocenters. The second-order valence-corrected chi connectivity index (χ2v) is 13.8. The van der Waals surface area contributed by atoms with Gasteiger partial charge in [-0.3, -0.25) is 19.3 Å². The highest BCUT2D eigenvalue weighted by Crippen LogP contribution is 2.69. The number of ether oxygens (including phenoxy) is 1. The van der Waals surface area contributed by atoms with Crippen molar-refractivity contribution in [2.75, 3.05) is 11.9 Å². The summed E-state index contributed by atoms with van der Waals surface area (Å²) in [6, 6.07) is 30.0. The molecule has 4 aromatic carbocycles. The molecule has 1 N–H and O–H groups in total. The first kappa shape index (κ1) is 30.0. The van der Waals surface area contributed by atoms with Crippen LogP contribution >= 0.6 is 39.1 Å². The zero-order valence-electron chi connectivity index (χ0n) is 24.1. The fourth-order valence-corrected chi connectivity index (χ4v) is 8.51. The minimum Gasteiger partial charge on any atom is -0.457 e.